The zero-order valence-electron chi connectivity index (χ0n) is 20.5. The maximum absolute atomic E-state index is 10.6. The Hall–Kier alpha value is -1.27. The Balaban J connectivity index is 1.43. The standard InChI is InChI=1S/C28H41NO3S/c1-17(7-12-25(31)27-29-18(2)16-33-27)23-10-11-24-20(6-5-13-28(23,24)4)8-9-21-14-22(30)15-26(32)19(21)3/h8-9,16-17,22-26,30-32H,3,5-7,10-15H2,1-2,4H3/t17-,22-,23-,24+,25-,26+,28-/m1/s1. The van der Waals surface area contributed by atoms with Crippen LogP contribution in [0.2, 0.25) is 0 Å². The Bertz CT molecular complexity index is 918. The predicted molar refractivity (Wildman–Crippen MR) is 135 cm³/mol. The zero-order valence-corrected chi connectivity index (χ0v) is 21.3. The lowest BCUT2D eigenvalue weighted by Crippen LogP contribution is -2.36. The van der Waals surface area contributed by atoms with Gasteiger partial charge in [0.2, 0.25) is 0 Å². The van der Waals surface area contributed by atoms with Gasteiger partial charge in [0, 0.05) is 17.5 Å². The van der Waals surface area contributed by atoms with Crippen molar-refractivity contribution in [1.29, 1.82) is 0 Å². The summed E-state index contributed by atoms with van der Waals surface area (Å²) in [5.74, 6) is 1.86. The van der Waals surface area contributed by atoms with Gasteiger partial charge in [-0.05, 0) is 92.6 Å². The molecule has 0 bridgehead atoms. The molecule has 3 N–H and O–H groups in total. The van der Waals surface area contributed by atoms with E-state index in [1.165, 1.54) is 31.3 Å². The van der Waals surface area contributed by atoms with E-state index >= 15 is 0 Å². The lowest BCUT2D eigenvalue weighted by atomic mass is 9.60. The van der Waals surface area contributed by atoms with Gasteiger partial charge in [-0.3, -0.25) is 0 Å². The predicted octanol–water partition coefficient (Wildman–Crippen LogP) is 6.04. The molecule has 3 aliphatic rings. The van der Waals surface area contributed by atoms with Crippen LogP contribution in [0.4, 0.5) is 0 Å². The first-order valence-electron chi connectivity index (χ1n) is 12.7. The fourth-order valence-corrected chi connectivity index (χ4v) is 7.77. The first kappa shape index (κ1) is 24.8. The molecule has 3 aliphatic carbocycles. The number of rotatable bonds is 6. The first-order chi connectivity index (χ1) is 15.7. The molecule has 0 unspecified atom stereocenters. The summed E-state index contributed by atoms with van der Waals surface area (Å²) < 4.78 is 0. The van der Waals surface area contributed by atoms with E-state index < -0.39 is 18.3 Å². The molecule has 0 saturated heterocycles. The Morgan fingerprint density at radius 2 is 2.06 bits per heavy atom. The van der Waals surface area contributed by atoms with Crippen molar-refractivity contribution in [1.82, 2.24) is 4.98 Å². The van der Waals surface area contributed by atoms with E-state index in [2.05, 4.69) is 37.6 Å². The summed E-state index contributed by atoms with van der Waals surface area (Å²) in [4.78, 5) is 4.47. The molecule has 0 radical (unpaired) electrons. The number of allylic oxidation sites excluding steroid dienone is 3. The molecule has 4 nitrogen and oxygen atoms in total. The number of aryl methyl sites for hydroxylation is 1. The summed E-state index contributed by atoms with van der Waals surface area (Å²) >= 11 is 1.57. The average Bonchev–Trinajstić information content (AvgIpc) is 3.36. The minimum Gasteiger partial charge on any atom is -0.393 e. The van der Waals surface area contributed by atoms with E-state index in [0.29, 0.717) is 36.0 Å². The molecule has 5 heteroatoms. The van der Waals surface area contributed by atoms with Crippen molar-refractivity contribution < 1.29 is 15.3 Å². The molecular weight excluding hydrogens is 430 g/mol. The fraction of sp³-hybridized carbons (Fsp3) is 0.679. The van der Waals surface area contributed by atoms with Gasteiger partial charge in [0.1, 0.15) is 11.1 Å². The van der Waals surface area contributed by atoms with Crippen LogP contribution in [-0.4, -0.2) is 32.5 Å². The Morgan fingerprint density at radius 1 is 1.27 bits per heavy atom. The number of aliphatic hydroxyl groups excluding tert-OH is 3. The number of aromatic nitrogens is 1. The van der Waals surface area contributed by atoms with Crippen LogP contribution in [0.1, 0.15) is 88.4 Å². The van der Waals surface area contributed by atoms with Gasteiger partial charge in [-0.25, -0.2) is 4.98 Å². The number of hydrogen-bond acceptors (Lipinski definition) is 5. The van der Waals surface area contributed by atoms with Crippen LogP contribution in [0, 0.1) is 30.1 Å². The van der Waals surface area contributed by atoms with Crippen LogP contribution in [0.3, 0.4) is 0 Å². The molecule has 1 aromatic rings. The minimum atomic E-state index is -0.629. The lowest BCUT2D eigenvalue weighted by molar-refractivity contribution is 0.0823. The van der Waals surface area contributed by atoms with Crippen LogP contribution in [0.5, 0.6) is 0 Å². The summed E-state index contributed by atoms with van der Waals surface area (Å²) in [7, 11) is 0. The molecule has 0 aliphatic heterocycles. The lowest BCUT2D eigenvalue weighted by Gasteiger charge is -2.44. The van der Waals surface area contributed by atoms with Crippen molar-refractivity contribution in [2.24, 2.45) is 23.2 Å². The van der Waals surface area contributed by atoms with E-state index in [-0.39, 0.29) is 0 Å². The van der Waals surface area contributed by atoms with Crippen LogP contribution < -0.4 is 0 Å². The summed E-state index contributed by atoms with van der Waals surface area (Å²) in [6, 6.07) is 0. The second-order valence-corrected chi connectivity index (χ2v) is 12.0. The first-order valence-corrected chi connectivity index (χ1v) is 13.6. The van der Waals surface area contributed by atoms with Crippen LogP contribution in [-0.2, 0) is 0 Å². The molecule has 1 heterocycles. The second kappa shape index (κ2) is 10.2. The summed E-state index contributed by atoms with van der Waals surface area (Å²) in [5, 5.41) is 33.7. The number of aliphatic hydroxyl groups is 3. The topological polar surface area (TPSA) is 73.6 Å². The third-order valence-electron chi connectivity index (χ3n) is 8.81. The highest BCUT2D eigenvalue weighted by molar-refractivity contribution is 7.09. The van der Waals surface area contributed by atoms with Gasteiger partial charge in [0.15, 0.2) is 0 Å². The third-order valence-corrected chi connectivity index (χ3v) is 9.87. The van der Waals surface area contributed by atoms with Gasteiger partial charge in [-0.2, -0.15) is 0 Å². The van der Waals surface area contributed by atoms with Crippen molar-refractivity contribution in [3.63, 3.8) is 0 Å². The van der Waals surface area contributed by atoms with E-state index in [0.717, 1.165) is 41.1 Å². The van der Waals surface area contributed by atoms with Crippen LogP contribution >= 0.6 is 11.3 Å². The molecule has 0 amide bonds. The van der Waals surface area contributed by atoms with E-state index in [1.807, 2.05) is 12.3 Å². The summed E-state index contributed by atoms with van der Waals surface area (Å²) in [6.45, 7) is 10.9. The van der Waals surface area contributed by atoms with E-state index in [9.17, 15) is 15.3 Å². The van der Waals surface area contributed by atoms with Gasteiger partial charge in [0.05, 0.1) is 12.2 Å². The van der Waals surface area contributed by atoms with Gasteiger partial charge < -0.3 is 15.3 Å². The third kappa shape index (κ3) is 5.22. The van der Waals surface area contributed by atoms with Gasteiger partial charge in [-0.1, -0.05) is 38.2 Å². The maximum atomic E-state index is 10.6. The molecule has 0 spiro atoms. The second-order valence-electron chi connectivity index (χ2n) is 11.1. The maximum Gasteiger partial charge on any atom is 0.121 e. The number of nitrogens with zero attached hydrogens (tertiary/aromatic N) is 1. The van der Waals surface area contributed by atoms with Gasteiger partial charge in [0.25, 0.3) is 0 Å². The van der Waals surface area contributed by atoms with Gasteiger partial charge >= 0.3 is 0 Å². The molecule has 0 aromatic carbocycles. The SMILES string of the molecule is C=C1C(=CC=C2CCC[C@]3(C)[C@@H]([C@H](C)CC[C@@H](O)c4nc(C)cs4)CC[C@@H]23)C[C@@H](O)C[C@@H]1O. The molecule has 182 valence electrons. The Kier molecular flexibility index (Phi) is 7.64. The minimum absolute atomic E-state index is 0.313. The van der Waals surface area contributed by atoms with Crippen molar-refractivity contribution in [2.45, 2.75) is 96.9 Å². The average molecular weight is 472 g/mol. The molecule has 7 atom stereocenters. The monoisotopic (exact) mass is 471 g/mol. The molecular formula is C28H41NO3S. The van der Waals surface area contributed by atoms with Crippen molar-refractivity contribution >= 4 is 11.3 Å². The number of thiazole rings is 1. The summed E-state index contributed by atoms with van der Waals surface area (Å²) in [5.41, 5.74) is 4.60. The quantitative estimate of drug-likeness (QED) is 0.473. The highest BCUT2D eigenvalue weighted by Crippen LogP contribution is 2.60. The number of hydrogen-bond donors (Lipinski definition) is 3. The normalized spacial score (nSPS) is 36.8. The highest BCUT2D eigenvalue weighted by atomic mass is 32.1. The largest absolute Gasteiger partial charge is 0.393 e. The zero-order chi connectivity index (χ0) is 23.8. The van der Waals surface area contributed by atoms with Crippen LogP contribution in [0.15, 0.2) is 40.8 Å². The number of fused-ring (bicyclic) bond motifs is 1. The van der Waals surface area contributed by atoms with Crippen LogP contribution in [0.25, 0.3) is 0 Å². The van der Waals surface area contributed by atoms with Gasteiger partial charge in [-0.15, -0.1) is 11.3 Å². The molecule has 3 fully saturated rings. The smallest absolute Gasteiger partial charge is 0.121 e. The molecule has 33 heavy (non-hydrogen) atoms. The van der Waals surface area contributed by atoms with Crippen molar-refractivity contribution in [3.8, 4) is 0 Å². The van der Waals surface area contributed by atoms with Crippen molar-refractivity contribution in [2.75, 3.05) is 0 Å². The highest BCUT2D eigenvalue weighted by Gasteiger charge is 2.50. The fourth-order valence-electron chi connectivity index (χ4n) is 6.95. The molecule has 1 aromatic heterocycles. The summed E-state index contributed by atoms with van der Waals surface area (Å²) in [6.07, 6.45) is 11.8. The molecule has 4 rings (SSSR count). The Labute approximate surface area is 203 Å². The van der Waals surface area contributed by atoms with Crippen molar-refractivity contribution in [3.05, 3.63) is 51.5 Å². The molecule has 3 saturated carbocycles. The van der Waals surface area contributed by atoms with E-state index in [1.54, 1.807) is 11.3 Å². The van der Waals surface area contributed by atoms with E-state index in [4.69, 9.17) is 0 Å². The Morgan fingerprint density at radius 3 is 2.79 bits per heavy atom.